The maximum atomic E-state index is 12.6. The summed E-state index contributed by atoms with van der Waals surface area (Å²) < 4.78 is 10.5. The summed E-state index contributed by atoms with van der Waals surface area (Å²) in [5.74, 6) is 2.01. The molecule has 1 aromatic heterocycles. The Morgan fingerprint density at radius 1 is 1.14 bits per heavy atom. The second kappa shape index (κ2) is 8.73. The van der Waals surface area contributed by atoms with Gasteiger partial charge in [-0.25, -0.2) is 0 Å². The number of amides is 1. The fraction of sp³-hybridized carbons (Fsp3) is 0.571. The first kappa shape index (κ1) is 18.9. The van der Waals surface area contributed by atoms with Gasteiger partial charge >= 0.3 is 0 Å². The number of piperidine rings is 1. The normalized spacial score (nSPS) is 18.5. The molecule has 2 fully saturated rings. The van der Waals surface area contributed by atoms with E-state index in [0.717, 1.165) is 37.2 Å². The molecular formula is C21H28N4O3. The van der Waals surface area contributed by atoms with Gasteiger partial charge in [0.2, 0.25) is 17.6 Å². The number of methoxy groups -OCH3 is 1. The van der Waals surface area contributed by atoms with E-state index in [-0.39, 0.29) is 5.91 Å². The minimum absolute atomic E-state index is 0.184. The fourth-order valence-corrected chi connectivity index (χ4v) is 4.17. The van der Waals surface area contributed by atoms with Crippen LogP contribution in [0, 0.1) is 0 Å². The lowest BCUT2D eigenvalue weighted by atomic mass is 10.0. The molecule has 1 aromatic carbocycles. The summed E-state index contributed by atoms with van der Waals surface area (Å²) in [5.41, 5.74) is 0.867. The van der Waals surface area contributed by atoms with Gasteiger partial charge in [-0.15, -0.1) is 0 Å². The predicted octanol–water partition coefficient (Wildman–Crippen LogP) is 2.76. The second-order valence-corrected chi connectivity index (χ2v) is 7.60. The van der Waals surface area contributed by atoms with Crippen molar-refractivity contribution in [3.05, 3.63) is 30.2 Å². The van der Waals surface area contributed by atoms with Gasteiger partial charge in [0, 0.05) is 37.5 Å². The van der Waals surface area contributed by atoms with Crippen LogP contribution in [0.1, 0.15) is 38.0 Å². The quantitative estimate of drug-likeness (QED) is 0.763. The monoisotopic (exact) mass is 384 g/mol. The van der Waals surface area contributed by atoms with E-state index >= 15 is 0 Å². The first-order valence-electron chi connectivity index (χ1n) is 10.2. The van der Waals surface area contributed by atoms with Crippen LogP contribution in [0.2, 0.25) is 0 Å². The summed E-state index contributed by atoms with van der Waals surface area (Å²) >= 11 is 0. The van der Waals surface area contributed by atoms with Crippen molar-refractivity contribution in [1.29, 1.82) is 0 Å². The highest BCUT2D eigenvalue weighted by Gasteiger charge is 2.28. The topological polar surface area (TPSA) is 71.7 Å². The smallest absolute Gasteiger partial charge is 0.227 e. The molecule has 2 aromatic rings. The largest absolute Gasteiger partial charge is 0.497 e. The molecule has 0 bridgehead atoms. The van der Waals surface area contributed by atoms with Gasteiger partial charge in [0.1, 0.15) is 5.75 Å². The molecule has 0 saturated carbocycles. The molecule has 3 heterocycles. The molecule has 28 heavy (non-hydrogen) atoms. The van der Waals surface area contributed by atoms with Crippen molar-refractivity contribution in [3.63, 3.8) is 0 Å². The number of carbonyl (C=O) groups excluding carboxylic acids is 1. The van der Waals surface area contributed by atoms with Gasteiger partial charge in [0.05, 0.1) is 7.11 Å². The Morgan fingerprint density at radius 3 is 2.54 bits per heavy atom. The van der Waals surface area contributed by atoms with Crippen LogP contribution < -0.4 is 4.74 Å². The zero-order valence-corrected chi connectivity index (χ0v) is 16.5. The number of aromatic nitrogens is 2. The van der Waals surface area contributed by atoms with Gasteiger partial charge < -0.3 is 19.1 Å². The third kappa shape index (κ3) is 4.35. The summed E-state index contributed by atoms with van der Waals surface area (Å²) in [6, 6.07) is 8.17. The van der Waals surface area contributed by atoms with Gasteiger partial charge in [-0.1, -0.05) is 5.16 Å². The molecule has 7 nitrogen and oxygen atoms in total. The van der Waals surface area contributed by atoms with E-state index < -0.39 is 0 Å². The number of hydrogen-bond donors (Lipinski definition) is 0. The molecule has 1 amide bonds. The Morgan fingerprint density at radius 2 is 1.86 bits per heavy atom. The SMILES string of the molecule is COc1ccc(-c2noc(CCC(=O)N3CCC(N4CCCC4)CC3)n2)cc1. The highest BCUT2D eigenvalue weighted by molar-refractivity contribution is 5.76. The fourth-order valence-electron chi connectivity index (χ4n) is 4.17. The van der Waals surface area contributed by atoms with E-state index in [1.54, 1.807) is 7.11 Å². The molecule has 0 atom stereocenters. The number of rotatable bonds is 6. The first-order chi connectivity index (χ1) is 13.7. The zero-order valence-electron chi connectivity index (χ0n) is 16.5. The van der Waals surface area contributed by atoms with E-state index in [2.05, 4.69) is 15.0 Å². The summed E-state index contributed by atoms with van der Waals surface area (Å²) in [5, 5.41) is 4.03. The summed E-state index contributed by atoms with van der Waals surface area (Å²) in [6.45, 7) is 4.18. The summed E-state index contributed by atoms with van der Waals surface area (Å²) in [7, 11) is 1.63. The van der Waals surface area contributed by atoms with Crippen molar-refractivity contribution >= 4 is 5.91 Å². The van der Waals surface area contributed by atoms with Gasteiger partial charge in [0.25, 0.3) is 0 Å². The molecule has 4 rings (SSSR count). The van der Waals surface area contributed by atoms with Crippen LogP contribution in [0.15, 0.2) is 28.8 Å². The number of benzene rings is 1. The van der Waals surface area contributed by atoms with Crippen LogP contribution in [0.3, 0.4) is 0 Å². The van der Waals surface area contributed by atoms with E-state index in [1.165, 1.54) is 25.9 Å². The lowest BCUT2D eigenvalue weighted by Crippen LogP contribution is -2.45. The maximum absolute atomic E-state index is 12.6. The van der Waals surface area contributed by atoms with Crippen LogP contribution in [0.5, 0.6) is 5.75 Å². The third-order valence-corrected chi connectivity index (χ3v) is 5.84. The molecule has 0 spiro atoms. The third-order valence-electron chi connectivity index (χ3n) is 5.84. The Kier molecular flexibility index (Phi) is 5.90. The average Bonchev–Trinajstić information content (AvgIpc) is 3.44. The Balaban J connectivity index is 1.25. The van der Waals surface area contributed by atoms with E-state index in [9.17, 15) is 4.79 Å². The average molecular weight is 384 g/mol. The predicted molar refractivity (Wildman–Crippen MR) is 105 cm³/mol. The van der Waals surface area contributed by atoms with E-state index in [1.807, 2.05) is 29.2 Å². The van der Waals surface area contributed by atoms with Gasteiger partial charge in [-0.05, 0) is 63.0 Å². The Hall–Kier alpha value is -2.41. The van der Waals surface area contributed by atoms with Crippen LogP contribution in [0.25, 0.3) is 11.4 Å². The van der Waals surface area contributed by atoms with Gasteiger partial charge in [-0.2, -0.15) is 4.98 Å². The molecule has 7 heteroatoms. The van der Waals surface area contributed by atoms with Crippen molar-refractivity contribution in [1.82, 2.24) is 19.9 Å². The lowest BCUT2D eigenvalue weighted by molar-refractivity contribution is -0.132. The van der Waals surface area contributed by atoms with Gasteiger partial charge in [-0.3, -0.25) is 4.79 Å². The summed E-state index contributed by atoms with van der Waals surface area (Å²) in [6.07, 6.45) is 5.72. The zero-order chi connectivity index (χ0) is 19.3. The molecule has 0 unspecified atom stereocenters. The Bertz CT molecular complexity index is 775. The maximum Gasteiger partial charge on any atom is 0.227 e. The highest BCUT2D eigenvalue weighted by Crippen LogP contribution is 2.22. The number of hydrogen-bond acceptors (Lipinski definition) is 6. The standard InChI is InChI=1S/C21H28N4O3/c1-27-18-6-4-16(5-7-18)21-22-19(28-23-21)8-9-20(26)25-14-10-17(11-15-25)24-12-2-3-13-24/h4-7,17H,2-3,8-15H2,1H3. The summed E-state index contributed by atoms with van der Waals surface area (Å²) in [4.78, 5) is 21.6. The van der Waals surface area contributed by atoms with Crippen LogP contribution in [-0.2, 0) is 11.2 Å². The molecule has 2 aliphatic heterocycles. The van der Waals surface area contributed by atoms with Crippen LogP contribution >= 0.6 is 0 Å². The van der Waals surface area contributed by atoms with E-state index in [4.69, 9.17) is 9.26 Å². The van der Waals surface area contributed by atoms with Crippen LogP contribution in [-0.4, -0.2) is 65.2 Å². The highest BCUT2D eigenvalue weighted by atomic mass is 16.5. The molecule has 150 valence electrons. The minimum Gasteiger partial charge on any atom is -0.497 e. The number of ether oxygens (including phenoxy) is 1. The van der Waals surface area contributed by atoms with Crippen molar-refractivity contribution in [2.24, 2.45) is 0 Å². The molecule has 2 aliphatic rings. The molecule has 0 radical (unpaired) electrons. The number of carbonyl (C=O) groups is 1. The van der Waals surface area contributed by atoms with Crippen molar-refractivity contribution in [3.8, 4) is 17.1 Å². The number of likely N-dealkylation sites (tertiary alicyclic amines) is 2. The number of aryl methyl sites for hydroxylation is 1. The van der Waals surface area contributed by atoms with Crippen molar-refractivity contribution in [2.75, 3.05) is 33.3 Å². The molecule has 0 N–H and O–H groups in total. The number of nitrogens with zero attached hydrogens (tertiary/aromatic N) is 4. The lowest BCUT2D eigenvalue weighted by Gasteiger charge is -2.36. The molecule has 0 aliphatic carbocycles. The van der Waals surface area contributed by atoms with Crippen LogP contribution in [0.4, 0.5) is 0 Å². The Labute approximate surface area is 165 Å². The second-order valence-electron chi connectivity index (χ2n) is 7.60. The van der Waals surface area contributed by atoms with E-state index in [0.29, 0.717) is 30.6 Å². The van der Waals surface area contributed by atoms with Gasteiger partial charge in [0.15, 0.2) is 0 Å². The first-order valence-corrected chi connectivity index (χ1v) is 10.2. The molecular weight excluding hydrogens is 356 g/mol. The van der Waals surface area contributed by atoms with Crippen molar-refractivity contribution in [2.45, 2.75) is 44.6 Å². The molecule has 2 saturated heterocycles. The minimum atomic E-state index is 0.184. The van der Waals surface area contributed by atoms with Crippen molar-refractivity contribution < 1.29 is 14.1 Å².